The summed E-state index contributed by atoms with van der Waals surface area (Å²) in [4.78, 5) is 0.161. The molecule has 2 rings (SSSR count). The van der Waals surface area contributed by atoms with Gasteiger partial charge in [-0.2, -0.15) is 5.10 Å². The second-order valence-electron chi connectivity index (χ2n) is 4.02. The molecule has 4 N–H and O–H groups in total. The molecule has 0 saturated carbocycles. The quantitative estimate of drug-likeness (QED) is 0.786. The molecule has 6 nitrogen and oxygen atoms in total. The summed E-state index contributed by atoms with van der Waals surface area (Å²) < 4.78 is 27.6. The first kappa shape index (κ1) is 14.0. The van der Waals surface area contributed by atoms with Gasteiger partial charge in [-0.05, 0) is 40.0 Å². The summed E-state index contributed by atoms with van der Waals surface area (Å²) >= 11 is 3.30. The molecule has 0 unspecified atom stereocenters. The lowest BCUT2D eigenvalue weighted by atomic mass is 10.1. The molecule has 0 aliphatic carbocycles. The predicted octanol–water partition coefficient (Wildman–Crippen LogP) is 1.74. The third-order valence-electron chi connectivity index (χ3n) is 2.56. The minimum absolute atomic E-state index is 0.161. The van der Waals surface area contributed by atoms with Crippen molar-refractivity contribution in [1.29, 1.82) is 0 Å². The number of anilines is 1. The number of rotatable bonds is 4. The topological polar surface area (TPSA) is 101 Å². The Labute approximate surface area is 119 Å². The zero-order valence-electron chi connectivity index (χ0n) is 10.1. The van der Waals surface area contributed by atoms with E-state index in [1.807, 2.05) is 13.0 Å². The van der Waals surface area contributed by atoms with E-state index < -0.39 is 10.0 Å². The van der Waals surface area contributed by atoms with E-state index in [1.54, 1.807) is 6.07 Å². The van der Waals surface area contributed by atoms with Gasteiger partial charge in [0.25, 0.3) is 10.0 Å². The van der Waals surface area contributed by atoms with Gasteiger partial charge in [0.05, 0.1) is 11.9 Å². The van der Waals surface area contributed by atoms with E-state index in [0.717, 1.165) is 11.1 Å². The number of nitrogens with zero attached hydrogens (tertiary/aromatic N) is 1. The van der Waals surface area contributed by atoms with Crippen molar-refractivity contribution in [3.05, 3.63) is 40.1 Å². The van der Waals surface area contributed by atoms with Crippen LogP contribution in [0.3, 0.4) is 0 Å². The summed E-state index contributed by atoms with van der Waals surface area (Å²) in [5.41, 5.74) is 7.52. The zero-order chi connectivity index (χ0) is 14.0. The first-order valence-electron chi connectivity index (χ1n) is 5.44. The van der Waals surface area contributed by atoms with Crippen LogP contribution in [0.4, 0.5) is 5.69 Å². The average Bonchev–Trinajstić information content (AvgIpc) is 2.84. The van der Waals surface area contributed by atoms with E-state index in [9.17, 15) is 8.42 Å². The van der Waals surface area contributed by atoms with Crippen LogP contribution in [0.2, 0.25) is 0 Å². The van der Waals surface area contributed by atoms with Crippen LogP contribution in [0, 0.1) is 6.92 Å². The van der Waals surface area contributed by atoms with E-state index >= 15 is 0 Å². The molecule has 19 heavy (non-hydrogen) atoms. The average molecular weight is 345 g/mol. The Hall–Kier alpha value is -1.38. The molecular weight excluding hydrogens is 332 g/mol. The highest BCUT2D eigenvalue weighted by molar-refractivity contribution is 9.10. The summed E-state index contributed by atoms with van der Waals surface area (Å²) in [6.45, 7) is 2.10. The van der Waals surface area contributed by atoms with Crippen LogP contribution in [-0.4, -0.2) is 18.6 Å². The van der Waals surface area contributed by atoms with Gasteiger partial charge in [-0.15, -0.1) is 0 Å². The number of nitrogens with one attached hydrogen (secondary N) is 2. The van der Waals surface area contributed by atoms with Gasteiger partial charge in [0.2, 0.25) is 0 Å². The summed E-state index contributed by atoms with van der Waals surface area (Å²) in [5, 5.41) is 6.23. The standard InChI is InChI=1S/C11H13BrN4O2S/c1-7-2-8(4-13)3-10(11(7)12)19(17,18)16-9-5-14-15-6-9/h2-3,5-6,16H,4,13H2,1H3,(H,14,15). The van der Waals surface area contributed by atoms with Crippen molar-refractivity contribution < 1.29 is 8.42 Å². The third kappa shape index (κ3) is 2.96. The fraction of sp³-hybridized carbons (Fsp3) is 0.182. The van der Waals surface area contributed by atoms with Gasteiger partial charge in [0.1, 0.15) is 4.90 Å². The highest BCUT2D eigenvalue weighted by Gasteiger charge is 2.20. The number of nitrogens with two attached hydrogens (primary N) is 1. The number of sulfonamides is 1. The Balaban J connectivity index is 2.48. The summed E-state index contributed by atoms with van der Waals surface area (Å²) in [6, 6.07) is 3.40. The number of aryl methyl sites for hydroxylation is 1. The number of benzene rings is 1. The molecule has 0 fully saturated rings. The minimum atomic E-state index is -3.68. The SMILES string of the molecule is Cc1cc(CN)cc(S(=O)(=O)Nc2cn[nH]c2)c1Br. The van der Waals surface area contributed by atoms with Crippen LogP contribution in [0.5, 0.6) is 0 Å². The third-order valence-corrected chi connectivity index (χ3v) is 5.28. The largest absolute Gasteiger partial charge is 0.326 e. The lowest BCUT2D eigenvalue weighted by molar-refractivity contribution is 0.600. The Morgan fingerprint density at radius 3 is 2.79 bits per heavy atom. The smallest absolute Gasteiger partial charge is 0.263 e. The van der Waals surface area contributed by atoms with Crippen LogP contribution < -0.4 is 10.5 Å². The molecule has 0 spiro atoms. The van der Waals surface area contributed by atoms with Gasteiger partial charge in [-0.25, -0.2) is 8.42 Å². The fourth-order valence-electron chi connectivity index (χ4n) is 1.64. The van der Waals surface area contributed by atoms with Crippen molar-refractivity contribution >= 4 is 31.6 Å². The van der Waals surface area contributed by atoms with E-state index in [-0.39, 0.29) is 11.4 Å². The first-order chi connectivity index (χ1) is 8.94. The Kier molecular flexibility index (Phi) is 3.93. The molecule has 1 aromatic heterocycles. The number of aromatic nitrogens is 2. The molecule has 0 saturated heterocycles. The normalized spacial score (nSPS) is 11.5. The molecule has 102 valence electrons. The van der Waals surface area contributed by atoms with E-state index in [2.05, 4.69) is 30.8 Å². The van der Waals surface area contributed by atoms with Gasteiger partial charge in [-0.1, -0.05) is 6.07 Å². The molecular formula is C11H13BrN4O2S. The van der Waals surface area contributed by atoms with Crippen LogP contribution in [0.15, 0.2) is 33.9 Å². The maximum absolute atomic E-state index is 12.3. The van der Waals surface area contributed by atoms with Gasteiger partial charge in [0.15, 0.2) is 0 Å². The Morgan fingerprint density at radius 2 is 2.21 bits per heavy atom. The van der Waals surface area contributed by atoms with Gasteiger partial charge in [-0.3, -0.25) is 9.82 Å². The van der Waals surface area contributed by atoms with Crippen molar-refractivity contribution in [3.8, 4) is 0 Å². The van der Waals surface area contributed by atoms with Crippen molar-refractivity contribution in [2.24, 2.45) is 5.73 Å². The minimum Gasteiger partial charge on any atom is -0.326 e. The molecule has 0 atom stereocenters. The second kappa shape index (κ2) is 5.32. The maximum atomic E-state index is 12.3. The van der Waals surface area contributed by atoms with E-state index in [4.69, 9.17) is 5.73 Å². The van der Waals surface area contributed by atoms with Crippen molar-refractivity contribution in [2.45, 2.75) is 18.4 Å². The fourth-order valence-corrected chi connectivity index (χ4v) is 3.74. The van der Waals surface area contributed by atoms with Crippen LogP contribution >= 0.6 is 15.9 Å². The van der Waals surface area contributed by atoms with Crippen LogP contribution in [0.1, 0.15) is 11.1 Å². The predicted molar refractivity (Wildman–Crippen MR) is 76.2 cm³/mol. The molecule has 0 aliphatic rings. The van der Waals surface area contributed by atoms with Crippen LogP contribution in [-0.2, 0) is 16.6 Å². The van der Waals surface area contributed by atoms with E-state index in [1.165, 1.54) is 12.4 Å². The maximum Gasteiger partial charge on any atom is 0.263 e. The van der Waals surface area contributed by atoms with Crippen LogP contribution in [0.25, 0.3) is 0 Å². The number of H-pyrrole nitrogens is 1. The van der Waals surface area contributed by atoms with E-state index in [0.29, 0.717) is 10.2 Å². The molecule has 2 aromatic rings. The highest BCUT2D eigenvalue weighted by atomic mass is 79.9. The Bertz CT molecular complexity index is 683. The Morgan fingerprint density at radius 1 is 1.47 bits per heavy atom. The number of halogens is 1. The van der Waals surface area contributed by atoms with Crippen molar-refractivity contribution in [1.82, 2.24) is 10.2 Å². The summed E-state index contributed by atoms with van der Waals surface area (Å²) in [5.74, 6) is 0. The van der Waals surface area contributed by atoms with Gasteiger partial charge >= 0.3 is 0 Å². The van der Waals surface area contributed by atoms with Crippen molar-refractivity contribution in [3.63, 3.8) is 0 Å². The van der Waals surface area contributed by atoms with Gasteiger partial charge in [0, 0.05) is 17.2 Å². The molecule has 1 aromatic carbocycles. The molecule has 0 radical (unpaired) electrons. The molecule has 8 heteroatoms. The van der Waals surface area contributed by atoms with Crippen molar-refractivity contribution in [2.75, 3.05) is 4.72 Å². The molecule has 1 heterocycles. The monoisotopic (exact) mass is 344 g/mol. The second-order valence-corrected chi connectivity index (χ2v) is 6.47. The summed E-state index contributed by atoms with van der Waals surface area (Å²) in [7, 11) is -3.68. The number of hydrogen-bond donors (Lipinski definition) is 3. The lowest BCUT2D eigenvalue weighted by Gasteiger charge is -2.11. The highest BCUT2D eigenvalue weighted by Crippen LogP contribution is 2.28. The first-order valence-corrected chi connectivity index (χ1v) is 7.72. The molecule has 0 amide bonds. The molecule has 0 bridgehead atoms. The molecule has 0 aliphatic heterocycles. The zero-order valence-corrected chi connectivity index (χ0v) is 12.5. The number of aromatic amines is 1. The lowest BCUT2D eigenvalue weighted by Crippen LogP contribution is -2.14. The summed E-state index contributed by atoms with van der Waals surface area (Å²) in [6.07, 6.45) is 2.86. The van der Waals surface area contributed by atoms with Gasteiger partial charge < -0.3 is 5.73 Å². The number of hydrogen-bond acceptors (Lipinski definition) is 4.